The first-order chi connectivity index (χ1) is 22.2. The van der Waals surface area contributed by atoms with E-state index in [4.69, 9.17) is 11.5 Å². The summed E-state index contributed by atoms with van der Waals surface area (Å²) in [6.07, 6.45) is 3.71. The van der Waals surface area contributed by atoms with Crippen molar-refractivity contribution >= 4 is 34.5 Å². The van der Waals surface area contributed by atoms with Crippen LogP contribution in [0, 0.1) is 0 Å². The van der Waals surface area contributed by atoms with Crippen LogP contribution in [0.1, 0.15) is 30.4 Å². The van der Waals surface area contributed by atoms with E-state index in [9.17, 15) is 24.3 Å². The lowest BCUT2D eigenvalue weighted by molar-refractivity contribution is -0.135. The van der Waals surface area contributed by atoms with Crippen molar-refractivity contribution < 1.29 is 24.3 Å². The van der Waals surface area contributed by atoms with Gasteiger partial charge in [0.25, 0.3) is 0 Å². The summed E-state index contributed by atoms with van der Waals surface area (Å²) in [5, 5.41) is 16.2. The van der Waals surface area contributed by atoms with E-state index in [-0.39, 0.29) is 37.1 Å². The molecule has 4 aromatic rings. The van der Waals surface area contributed by atoms with Crippen molar-refractivity contribution in [1.29, 1.82) is 0 Å². The minimum atomic E-state index is -1.02. The second-order valence-corrected chi connectivity index (χ2v) is 11.8. The highest BCUT2D eigenvalue weighted by Crippen LogP contribution is 2.22. The molecule has 5 rings (SSSR count). The Hall–Kier alpha value is -5.16. The Morgan fingerprint density at radius 2 is 1.54 bits per heavy atom. The Morgan fingerprint density at radius 3 is 2.28 bits per heavy atom. The molecule has 11 nitrogen and oxygen atoms in total. The first kappa shape index (κ1) is 32.2. The van der Waals surface area contributed by atoms with Gasteiger partial charge in [0.05, 0.1) is 12.6 Å². The summed E-state index contributed by atoms with van der Waals surface area (Å²) in [5.41, 5.74) is 14.5. The third kappa shape index (κ3) is 8.10. The minimum absolute atomic E-state index is 0.00284. The molecule has 1 aliphatic rings. The highest BCUT2D eigenvalue weighted by atomic mass is 16.3. The Bertz CT molecular complexity index is 1670. The molecule has 3 aromatic carbocycles. The molecule has 240 valence electrons. The summed E-state index contributed by atoms with van der Waals surface area (Å²) in [5.74, 6) is -1.74. The lowest BCUT2D eigenvalue weighted by Gasteiger charge is -2.28. The van der Waals surface area contributed by atoms with Crippen LogP contribution in [0.15, 0.2) is 91.1 Å². The molecule has 0 saturated carbocycles. The van der Waals surface area contributed by atoms with Crippen LogP contribution in [0.5, 0.6) is 5.75 Å². The van der Waals surface area contributed by atoms with Crippen LogP contribution in [-0.2, 0) is 38.6 Å². The maximum Gasteiger partial charge on any atom is 0.245 e. The number of likely N-dealkylation sites (tertiary alicyclic amines) is 1. The van der Waals surface area contributed by atoms with Crippen LogP contribution in [0.25, 0.3) is 10.9 Å². The normalized spacial score (nSPS) is 16.5. The van der Waals surface area contributed by atoms with Gasteiger partial charge in [0.15, 0.2) is 0 Å². The van der Waals surface area contributed by atoms with Crippen molar-refractivity contribution in [3.05, 3.63) is 102 Å². The zero-order valence-electron chi connectivity index (χ0n) is 25.5. The first-order valence-corrected chi connectivity index (χ1v) is 15.5. The topological polar surface area (TPSA) is 173 Å². The van der Waals surface area contributed by atoms with Crippen molar-refractivity contribution in [3.63, 3.8) is 0 Å². The summed E-state index contributed by atoms with van der Waals surface area (Å²) < 4.78 is 1.88. The van der Waals surface area contributed by atoms with E-state index in [1.807, 2.05) is 71.4 Å². The Balaban J connectivity index is 1.28. The van der Waals surface area contributed by atoms with Crippen molar-refractivity contribution in [1.82, 2.24) is 20.1 Å². The monoisotopic (exact) mass is 624 g/mol. The van der Waals surface area contributed by atoms with Crippen molar-refractivity contribution in [2.45, 2.75) is 62.8 Å². The van der Waals surface area contributed by atoms with Crippen LogP contribution < -0.4 is 22.1 Å². The number of carbonyl (C=O) groups is 4. The molecule has 1 aromatic heterocycles. The van der Waals surface area contributed by atoms with Gasteiger partial charge in [-0.1, -0.05) is 60.7 Å². The molecule has 2 heterocycles. The predicted molar refractivity (Wildman–Crippen MR) is 174 cm³/mol. The number of aromatic hydroxyl groups is 1. The van der Waals surface area contributed by atoms with Crippen molar-refractivity contribution in [3.8, 4) is 5.75 Å². The number of primary amides is 1. The standard InChI is InChI=1S/C35H40N6O5/c36-28(19-24-12-14-27(42)15-13-24)35(46)41-17-6-10-26(41)21-32(43)38-30(22-40-18-16-25-9-4-5-11-31(25)40)34(45)39-29(33(37)44)20-23-7-2-1-3-8-23/h1-5,7-9,11-16,18,26,28-30,42H,6,10,17,19-22,36H2,(H2,37,44)(H,38,43)(H,39,45)/t26-,28-,29-,30-/m0/s1. The Kier molecular flexibility index (Phi) is 10.3. The number of para-hydroxylation sites is 1. The molecule has 0 bridgehead atoms. The van der Waals surface area contributed by atoms with Gasteiger partial charge in [0.1, 0.15) is 17.8 Å². The van der Waals surface area contributed by atoms with E-state index in [1.54, 1.807) is 29.2 Å². The summed E-state index contributed by atoms with van der Waals surface area (Å²) in [7, 11) is 0. The number of hydrogen-bond donors (Lipinski definition) is 5. The number of carbonyl (C=O) groups excluding carboxylic acids is 4. The largest absolute Gasteiger partial charge is 0.508 e. The van der Waals surface area contributed by atoms with E-state index in [0.29, 0.717) is 19.4 Å². The van der Waals surface area contributed by atoms with Crippen molar-refractivity contribution in [2.75, 3.05) is 6.54 Å². The molecule has 11 heteroatoms. The van der Waals surface area contributed by atoms with Gasteiger partial charge >= 0.3 is 0 Å². The maximum atomic E-state index is 13.7. The van der Waals surface area contributed by atoms with E-state index >= 15 is 0 Å². The average molecular weight is 625 g/mol. The van der Waals surface area contributed by atoms with Crippen LogP contribution in [0.4, 0.5) is 0 Å². The molecule has 4 amide bonds. The van der Waals surface area contributed by atoms with Gasteiger partial charge < -0.3 is 36.7 Å². The number of hydrogen-bond acceptors (Lipinski definition) is 6. The summed E-state index contributed by atoms with van der Waals surface area (Å²) in [6.45, 7) is 0.603. The number of amides is 4. The molecule has 0 radical (unpaired) electrons. The van der Waals surface area contributed by atoms with Gasteiger partial charge in [-0.05, 0) is 60.0 Å². The van der Waals surface area contributed by atoms with E-state index in [2.05, 4.69) is 10.6 Å². The van der Waals surface area contributed by atoms with E-state index in [1.165, 1.54) is 0 Å². The van der Waals surface area contributed by atoms with Crippen LogP contribution >= 0.6 is 0 Å². The van der Waals surface area contributed by atoms with Gasteiger partial charge in [-0.25, -0.2) is 0 Å². The van der Waals surface area contributed by atoms with Gasteiger partial charge in [-0.15, -0.1) is 0 Å². The fourth-order valence-electron chi connectivity index (χ4n) is 6.03. The molecule has 7 N–H and O–H groups in total. The number of nitrogens with one attached hydrogen (secondary N) is 2. The number of phenols is 1. The first-order valence-electron chi connectivity index (χ1n) is 15.5. The van der Waals surface area contributed by atoms with Crippen LogP contribution in [0.3, 0.4) is 0 Å². The zero-order valence-corrected chi connectivity index (χ0v) is 25.5. The molecule has 0 aliphatic carbocycles. The number of phenolic OH excluding ortho intramolecular Hbond substituents is 1. The molecule has 1 fully saturated rings. The molecule has 1 saturated heterocycles. The number of aromatic nitrogens is 1. The third-order valence-corrected chi connectivity index (χ3v) is 8.44. The molecule has 4 atom stereocenters. The minimum Gasteiger partial charge on any atom is -0.508 e. The number of benzene rings is 3. The van der Waals surface area contributed by atoms with Gasteiger partial charge in [0, 0.05) is 37.1 Å². The number of rotatable bonds is 13. The van der Waals surface area contributed by atoms with Gasteiger partial charge in [-0.2, -0.15) is 0 Å². The lowest BCUT2D eigenvalue weighted by Crippen LogP contribution is -2.55. The molecular formula is C35H40N6O5. The number of nitrogens with two attached hydrogens (primary N) is 2. The average Bonchev–Trinajstić information content (AvgIpc) is 3.68. The zero-order chi connectivity index (χ0) is 32.6. The van der Waals surface area contributed by atoms with Crippen molar-refractivity contribution in [2.24, 2.45) is 11.5 Å². The van der Waals surface area contributed by atoms with Crippen LogP contribution in [0.2, 0.25) is 0 Å². The second-order valence-electron chi connectivity index (χ2n) is 11.8. The molecule has 1 aliphatic heterocycles. The molecule has 46 heavy (non-hydrogen) atoms. The quantitative estimate of drug-likeness (QED) is 0.152. The van der Waals surface area contributed by atoms with E-state index < -0.39 is 35.8 Å². The fraction of sp³-hybridized carbons (Fsp3) is 0.314. The maximum absolute atomic E-state index is 13.7. The lowest BCUT2D eigenvalue weighted by atomic mass is 10.0. The highest BCUT2D eigenvalue weighted by molar-refractivity contribution is 5.92. The molecule has 0 spiro atoms. The molecular weight excluding hydrogens is 584 g/mol. The van der Waals surface area contributed by atoms with Gasteiger partial charge in [0.2, 0.25) is 23.6 Å². The second kappa shape index (κ2) is 14.7. The smallest absolute Gasteiger partial charge is 0.245 e. The molecule has 0 unspecified atom stereocenters. The third-order valence-electron chi connectivity index (χ3n) is 8.44. The summed E-state index contributed by atoms with van der Waals surface area (Å²) in [6, 6.07) is 22.2. The fourth-order valence-corrected chi connectivity index (χ4v) is 6.03. The highest BCUT2D eigenvalue weighted by Gasteiger charge is 2.34. The van der Waals surface area contributed by atoms with Gasteiger partial charge in [-0.3, -0.25) is 19.2 Å². The SMILES string of the molecule is NC(=O)[C@H](Cc1ccccc1)NC(=O)[C@H](Cn1ccc2ccccc21)NC(=O)C[C@@H]1CCCN1C(=O)[C@@H](N)Cc1ccc(O)cc1. The Morgan fingerprint density at radius 1 is 0.848 bits per heavy atom. The Labute approximate surface area is 267 Å². The number of nitrogens with zero attached hydrogens (tertiary/aromatic N) is 2. The summed E-state index contributed by atoms with van der Waals surface area (Å²) >= 11 is 0. The van der Waals surface area contributed by atoms with E-state index in [0.717, 1.165) is 28.5 Å². The van der Waals surface area contributed by atoms with Crippen LogP contribution in [-0.4, -0.2) is 68.9 Å². The summed E-state index contributed by atoms with van der Waals surface area (Å²) in [4.78, 5) is 54.5. The predicted octanol–water partition coefficient (Wildman–Crippen LogP) is 2.00. The number of fused-ring (bicyclic) bond motifs is 1.